The van der Waals surface area contributed by atoms with Crippen molar-refractivity contribution in [2.45, 2.75) is 45.2 Å². The average Bonchev–Trinajstić information content (AvgIpc) is 2.28. The molecule has 17 heavy (non-hydrogen) atoms. The first kappa shape index (κ1) is 12.8. The van der Waals surface area contributed by atoms with E-state index in [4.69, 9.17) is 11.6 Å². The maximum absolute atomic E-state index is 13.6. The lowest BCUT2D eigenvalue weighted by molar-refractivity contribution is 0.299. The van der Waals surface area contributed by atoms with Crippen molar-refractivity contribution in [3.8, 4) is 0 Å². The predicted molar refractivity (Wildman–Crippen MR) is 69.7 cm³/mol. The standard InChI is InChI=1S/C14H19ClFN/c1-10-3-2-4-13(7-10)17-9-11-5-6-12(15)8-14(11)16/h5-6,8,10,13,17H,2-4,7,9H2,1H3. The van der Waals surface area contributed by atoms with E-state index in [0.717, 1.165) is 5.92 Å². The molecule has 0 bridgehead atoms. The molecule has 2 unspecified atom stereocenters. The summed E-state index contributed by atoms with van der Waals surface area (Å²) in [6, 6.07) is 5.42. The minimum absolute atomic E-state index is 0.214. The number of rotatable bonds is 3. The first-order valence-corrected chi connectivity index (χ1v) is 6.70. The fourth-order valence-corrected chi connectivity index (χ4v) is 2.70. The Bertz CT molecular complexity index is 380. The van der Waals surface area contributed by atoms with Crippen molar-refractivity contribution in [2.24, 2.45) is 5.92 Å². The maximum atomic E-state index is 13.6. The number of halogens is 2. The third-order valence-corrected chi connectivity index (χ3v) is 3.77. The van der Waals surface area contributed by atoms with Crippen molar-refractivity contribution in [3.63, 3.8) is 0 Å². The van der Waals surface area contributed by atoms with Crippen LogP contribution in [0, 0.1) is 11.7 Å². The molecule has 1 aromatic carbocycles. The molecule has 1 N–H and O–H groups in total. The summed E-state index contributed by atoms with van der Waals surface area (Å²) in [5.74, 6) is 0.574. The third kappa shape index (κ3) is 3.68. The van der Waals surface area contributed by atoms with Crippen molar-refractivity contribution in [2.75, 3.05) is 0 Å². The van der Waals surface area contributed by atoms with Crippen molar-refractivity contribution in [1.29, 1.82) is 0 Å². The van der Waals surface area contributed by atoms with Crippen molar-refractivity contribution in [3.05, 3.63) is 34.6 Å². The first-order chi connectivity index (χ1) is 8.15. The monoisotopic (exact) mass is 255 g/mol. The van der Waals surface area contributed by atoms with Crippen molar-refractivity contribution < 1.29 is 4.39 Å². The van der Waals surface area contributed by atoms with Gasteiger partial charge in [-0.15, -0.1) is 0 Å². The van der Waals surface area contributed by atoms with Gasteiger partial charge in [-0.3, -0.25) is 0 Å². The fraction of sp³-hybridized carbons (Fsp3) is 0.571. The van der Waals surface area contributed by atoms with Crippen LogP contribution < -0.4 is 5.32 Å². The summed E-state index contributed by atoms with van der Waals surface area (Å²) in [6.07, 6.45) is 5.02. The van der Waals surface area contributed by atoms with Crippen LogP contribution in [0.15, 0.2) is 18.2 Å². The summed E-state index contributed by atoms with van der Waals surface area (Å²) in [7, 11) is 0. The number of hydrogen-bond donors (Lipinski definition) is 1. The van der Waals surface area contributed by atoms with Gasteiger partial charge in [-0.2, -0.15) is 0 Å². The first-order valence-electron chi connectivity index (χ1n) is 6.32. The molecule has 1 fully saturated rings. The summed E-state index contributed by atoms with van der Waals surface area (Å²) >= 11 is 5.72. The van der Waals surface area contributed by atoms with Crippen LogP contribution in [0.1, 0.15) is 38.2 Å². The van der Waals surface area contributed by atoms with E-state index in [1.165, 1.54) is 31.7 Å². The Balaban J connectivity index is 1.88. The molecule has 1 nitrogen and oxygen atoms in total. The molecular formula is C14H19ClFN. The SMILES string of the molecule is CC1CCCC(NCc2ccc(Cl)cc2F)C1. The highest BCUT2D eigenvalue weighted by molar-refractivity contribution is 6.30. The van der Waals surface area contributed by atoms with Crippen molar-refractivity contribution >= 4 is 11.6 Å². The third-order valence-electron chi connectivity index (χ3n) is 3.53. The van der Waals surface area contributed by atoms with Crippen LogP contribution in [0.5, 0.6) is 0 Å². The van der Waals surface area contributed by atoms with E-state index in [2.05, 4.69) is 12.2 Å². The van der Waals surface area contributed by atoms with Gasteiger partial charge in [0.15, 0.2) is 0 Å². The maximum Gasteiger partial charge on any atom is 0.129 e. The molecule has 0 radical (unpaired) electrons. The smallest absolute Gasteiger partial charge is 0.129 e. The minimum Gasteiger partial charge on any atom is -0.310 e. The second-order valence-electron chi connectivity index (χ2n) is 5.09. The zero-order valence-corrected chi connectivity index (χ0v) is 10.9. The van der Waals surface area contributed by atoms with Crippen LogP contribution in [0.2, 0.25) is 5.02 Å². The predicted octanol–water partition coefficient (Wildman–Crippen LogP) is 4.15. The Morgan fingerprint density at radius 3 is 2.94 bits per heavy atom. The van der Waals surface area contributed by atoms with Gasteiger partial charge in [0.05, 0.1) is 0 Å². The Morgan fingerprint density at radius 2 is 2.24 bits per heavy atom. The zero-order chi connectivity index (χ0) is 12.3. The molecule has 2 atom stereocenters. The molecule has 3 heteroatoms. The topological polar surface area (TPSA) is 12.0 Å². The quantitative estimate of drug-likeness (QED) is 0.856. The fourth-order valence-electron chi connectivity index (χ4n) is 2.54. The van der Waals surface area contributed by atoms with Gasteiger partial charge in [-0.1, -0.05) is 37.4 Å². The Labute approximate surface area is 107 Å². The van der Waals surface area contributed by atoms with Crippen LogP contribution >= 0.6 is 11.6 Å². The lowest BCUT2D eigenvalue weighted by Gasteiger charge is -2.27. The molecule has 1 aromatic rings. The van der Waals surface area contributed by atoms with Gasteiger partial charge in [0.1, 0.15) is 5.82 Å². The average molecular weight is 256 g/mol. The lowest BCUT2D eigenvalue weighted by atomic mass is 9.87. The summed E-state index contributed by atoms with van der Waals surface area (Å²) in [5, 5.41) is 3.90. The second kappa shape index (κ2) is 5.83. The number of hydrogen-bond acceptors (Lipinski definition) is 1. The van der Waals surface area contributed by atoms with E-state index in [0.29, 0.717) is 23.2 Å². The molecule has 0 aromatic heterocycles. The molecule has 0 saturated heterocycles. The van der Waals surface area contributed by atoms with Crippen LogP contribution in [-0.4, -0.2) is 6.04 Å². The van der Waals surface area contributed by atoms with E-state index in [1.54, 1.807) is 12.1 Å². The normalized spacial score (nSPS) is 24.9. The lowest BCUT2D eigenvalue weighted by Crippen LogP contribution is -2.33. The number of benzene rings is 1. The van der Waals surface area contributed by atoms with Gasteiger partial charge >= 0.3 is 0 Å². The van der Waals surface area contributed by atoms with Crippen LogP contribution in [0.25, 0.3) is 0 Å². The van der Waals surface area contributed by atoms with Gasteiger partial charge in [0, 0.05) is 23.2 Å². The highest BCUT2D eigenvalue weighted by atomic mass is 35.5. The molecule has 1 aliphatic carbocycles. The molecule has 0 spiro atoms. The molecular weight excluding hydrogens is 237 g/mol. The molecule has 0 heterocycles. The zero-order valence-electron chi connectivity index (χ0n) is 10.2. The Morgan fingerprint density at radius 1 is 1.41 bits per heavy atom. The largest absolute Gasteiger partial charge is 0.310 e. The summed E-state index contributed by atoms with van der Waals surface area (Å²) in [6.45, 7) is 2.89. The number of nitrogens with one attached hydrogen (secondary N) is 1. The van der Waals surface area contributed by atoms with Gasteiger partial charge in [0.25, 0.3) is 0 Å². The van der Waals surface area contributed by atoms with E-state index in [1.807, 2.05) is 0 Å². The van der Waals surface area contributed by atoms with Gasteiger partial charge in [0.2, 0.25) is 0 Å². The molecule has 1 saturated carbocycles. The molecule has 0 amide bonds. The molecule has 2 rings (SSSR count). The van der Waals surface area contributed by atoms with E-state index in [9.17, 15) is 4.39 Å². The van der Waals surface area contributed by atoms with E-state index >= 15 is 0 Å². The molecule has 1 aliphatic rings. The van der Waals surface area contributed by atoms with Crippen molar-refractivity contribution in [1.82, 2.24) is 5.32 Å². The van der Waals surface area contributed by atoms with Gasteiger partial charge in [-0.25, -0.2) is 4.39 Å². The summed E-state index contributed by atoms with van der Waals surface area (Å²) in [4.78, 5) is 0. The molecule has 94 valence electrons. The van der Waals surface area contributed by atoms with E-state index in [-0.39, 0.29) is 5.82 Å². The molecule has 0 aliphatic heterocycles. The Kier molecular flexibility index (Phi) is 4.41. The van der Waals surface area contributed by atoms with Crippen LogP contribution in [0.3, 0.4) is 0 Å². The van der Waals surface area contributed by atoms with Gasteiger partial charge in [-0.05, 0) is 30.9 Å². The highest BCUT2D eigenvalue weighted by Gasteiger charge is 2.18. The van der Waals surface area contributed by atoms with Crippen LogP contribution in [0.4, 0.5) is 4.39 Å². The minimum atomic E-state index is -0.214. The van der Waals surface area contributed by atoms with Crippen LogP contribution in [-0.2, 0) is 6.54 Å². The van der Waals surface area contributed by atoms with E-state index < -0.39 is 0 Å². The summed E-state index contributed by atoms with van der Waals surface area (Å²) in [5.41, 5.74) is 0.702. The van der Waals surface area contributed by atoms with Gasteiger partial charge < -0.3 is 5.32 Å². The summed E-state index contributed by atoms with van der Waals surface area (Å²) < 4.78 is 13.6. The highest BCUT2D eigenvalue weighted by Crippen LogP contribution is 2.24. The Hall–Kier alpha value is -0.600. The second-order valence-corrected chi connectivity index (χ2v) is 5.52.